The number of hydrogen-bond acceptors (Lipinski definition) is 5. The third-order valence-electron chi connectivity index (χ3n) is 2.31. The molecular weight excluding hydrogens is 172 g/mol. The van der Waals surface area contributed by atoms with Gasteiger partial charge < -0.3 is 15.2 Å². The normalized spacial score (nSPS) is 29.3. The number of nitrogens with two attached hydrogens (primary N) is 2. The molecule has 0 saturated carbocycles. The first-order valence-corrected chi connectivity index (χ1v) is 4.61. The van der Waals surface area contributed by atoms with Crippen molar-refractivity contribution in [3.05, 3.63) is 0 Å². The first kappa shape index (κ1) is 10.9. The van der Waals surface area contributed by atoms with Crippen LogP contribution in [0.3, 0.4) is 0 Å². The predicted molar refractivity (Wildman–Crippen MR) is 47.4 cm³/mol. The highest BCUT2D eigenvalue weighted by Crippen LogP contribution is 2.31. The zero-order chi connectivity index (χ0) is 9.90. The molecule has 4 N–H and O–H groups in total. The topological polar surface area (TPSA) is 83.0 Å². The lowest BCUT2D eigenvalue weighted by atomic mass is 10.2. The molecule has 0 aliphatic carbocycles. The Bertz CT molecular complexity index is 157. The van der Waals surface area contributed by atoms with E-state index in [0.717, 1.165) is 12.8 Å². The molecular formula is C8H18N2O3. The summed E-state index contributed by atoms with van der Waals surface area (Å²) in [6.45, 7) is 4.50. The van der Waals surface area contributed by atoms with E-state index in [0.29, 0.717) is 6.61 Å². The summed E-state index contributed by atoms with van der Waals surface area (Å²) in [6.07, 6.45) is 1.39. The Balaban J connectivity index is 2.35. The maximum absolute atomic E-state index is 5.72. The maximum Gasteiger partial charge on any atom is 0.250 e. The number of epoxide rings is 1. The van der Waals surface area contributed by atoms with Crippen LogP contribution in [0.25, 0.3) is 0 Å². The molecule has 1 saturated heterocycles. The fourth-order valence-electron chi connectivity index (χ4n) is 1.16. The van der Waals surface area contributed by atoms with Gasteiger partial charge in [0.15, 0.2) is 6.23 Å². The largest absolute Gasteiger partial charge is 0.354 e. The summed E-state index contributed by atoms with van der Waals surface area (Å²) in [6, 6.07) is 0. The summed E-state index contributed by atoms with van der Waals surface area (Å²) in [5.74, 6) is 4.16. The highest BCUT2D eigenvalue weighted by molar-refractivity contribution is 4.87. The van der Waals surface area contributed by atoms with Crippen molar-refractivity contribution in [1.29, 1.82) is 0 Å². The molecule has 0 aromatic carbocycles. The maximum atomic E-state index is 5.72. The summed E-state index contributed by atoms with van der Waals surface area (Å²) in [4.78, 5) is 4.63. The van der Waals surface area contributed by atoms with Crippen LogP contribution < -0.4 is 11.6 Å². The number of rotatable bonds is 6. The molecule has 0 bridgehead atoms. The van der Waals surface area contributed by atoms with Crippen molar-refractivity contribution in [2.45, 2.75) is 44.8 Å². The Morgan fingerprint density at radius 2 is 2.00 bits per heavy atom. The molecule has 13 heavy (non-hydrogen) atoms. The zero-order valence-corrected chi connectivity index (χ0v) is 8.16. The molecule has 0 spiro atoms. The molecule has 0 amide bonds. The van der Waals surface area contributed by atoms with Gasteiger partial charge in [-0.25, -0.2) is 5.90 Å². The molecule has 1 aliphatic rings. The highest BCUT2D eigenvalue weighted by Gasteiger charge is 2.53. The van der Waals surface area contributed by atoms with Gasteiger partial charge >= 0.3 is 0 Å². The fourth-order valence-corrected chi connectivity index (χ4v) is 1.16. The van der Waals surface area contributed by atoms with Crippen LogP contribution in [0.5, 0.6) is 0 Å². The Kier molecular flexibility index (Phi) is 3.63. The number of hydrogen-bond donors (Lipinski definition) is 2. The molecule has 0 aromatic rings. The van der Waals surface area contributed by atoms with Gasteiger partial charge in [-0.2, -0.15) is 0 Å². The van der Waals surface area contributed by atoms with E-state index in [9.17, 15) is 0 Å². The minimum Gasteiger partial charge on any atom is -0.354 e. The van der Waals surface area contributed by atoms with E-state index in [2.05, 4.69) is 4.84 Å². The second-order valence-electron chi connectivity index (χ2n) is 3.21. The lowest BCUT2D eigenvalue weighted by Gasteiger charge is -2.23. The van der Waals surface area contributed by atoms with Crippen LogP contribution >= 0.6 is 0 Å². The van der Waals surface area contributed by atoms with E-state index in [4.69, 9.17) is 21.1 Å². The van der Waals surface area contributed by atoms with Crippen molar-refractivity contribution in [3.63, 3.8) is 0 Å². The van der Waals surface area contributed by atoms with Crippen molar-refractivity contribution in [1.82, 2.24) is 0 Å². The minimum absolute atomic E-state index is 0.145. The van der Waals surface area contributed by atoms with E-state index in [1.54, 1.807) is 0 Å². The third-order valence-corrected chi connectivity index (χ3v) is 2.31. The molecule has 1 aliphatic heterocycles. The monoisotopic (exact) mass is 190 g/mol. The SMILES string of the molecule is CCC(CC)OC(N)C1(ON)CO1. The Morgan fingerprint density at radius 1 is 1.46 bits per heavy atom. The molecule has 0 radical (unpaired) electrons. The van der Waals surface area contributed by atoms with Gasteiger partial charge in [-0.1, -0.05) is 13.8 Å². The molecule has 1 fully saturated rings. The van der Waals surface area contributed by atoms with Gasteiger partial charge in [0.1, 0.15) is 6.61 Å². The summed E-state index contributed by atoms with van der Waals surface area (Å²) in [5.41, 5.74) is 5.72. The van der Waals surface area contributed by atoms with Crippen molar-refractivity contribution in [3.8, 4) is 0 Å². The molecule has 5 heteroatoms. The summed E-state index contributed by atoms with van der Waals surface area (Å²) in [7, 11) is 0. The Morgan fingerprint density at radius 3 is 2.31 bits per heavy atom. The van der Waals surface area contributed by atoms with Gasteiger partial charge in [0.05, 0.1) is 6.10 Å². The third kappa shape index (κ3) is 2.38. The minimum atomic E-state index is -0.886. The van der Waals surface area contributed by atoms with Crippen LogP contribution in [0, 0.1) is 0 Å². The van der Waals surface area contributed by atoms with Crippen molar-refractivity contribution in [2.24, 2.45) is 11.6 Å². The first-order chi connectivity index (χ1) is 6.18. The van der Waals surface area contributed by atoms with Crippen molar-refractivity contribution in [2.75, 3.05) is 6.61 Å². The smallest absolute Gasteiger partial charge is 0.250 e. The molecule has 5 nitrogen and oxygen atoms in total. The van der Waals surface area contributed by atoms with E-state index in [-0.39, 0.29) is 6.10 Å². The Hall–Kier alpha value is -0.200. The van der Waals surface area contributed by atoms with E-state index in [1.165, 1.54) is 0 Å². The van der Waals surface area contributed by atoms with E-state index >= 15 is 0 Å². The summed E-state index contributed by atoms with van der Waals surface area (Å²) >= 11 is 0. The van der Waals surface area contributed by atoms with Crippen LogP contribution in [-0.4, -0.2) is 24.7 Å². The first-order valence-electron chi connectivity index (χ1n) is 4.61. The molecule has 0 aromatic heterocycles. The molecule has 2 atom stereocenters. The van der Waals surface area contributed by atoms with Gasteiger partial charge in [-0.3, -0.25) is 4.84 Å². The average molecular weight is 190 g/mol. The molecule has 1 heterocycles. The fraction of sp³-hybridized carbons (Fsp3) is 1.00. The second kappa shape index (κ2) is 4.34. The van der Waals surface area contributed by atoms with Crippen LogP contribution in [0.1, 0.15) is 26.7 Å². The van der Waals surface area contributed by atoms with Gasteiger partial charge in [0.25, 0.3) is 5.79 Å². The lowest BCUT2D eigenvalue weighted by Crippen LogP contribution is -2.45. The van der Waals surface area contributed by atoms with Crippen LogP contribution in [0.15, 0.2) is 0 Å². The van der Waals surface area contributed by atoms with Crippen molar-refractivity contribution < 1.29 is 14.3 Å². The van der Waals surface area contributed by atoms with Gasteiger partial charge in [0.2, 0.25) is 0 Å². The highest BCUT2D eigenvalue weighted by atomic mass is 16.9. The molecule has 78 valence electrons. The van der Waals surface area contributed by atoms with E-state index in [1.807, 2.05) is 13.8 Å². The summed E-state index contributed by atoms with van der Waals surface area (Å²) < 4.78 is 10.5. The quantitative estimate of drug-likeness (QED) is 0.352. The molecule has 1 rings (SSSR count). The van der Waals surface area contributed by atoms with Gasteiger partial charge in [-0.05, 0) is 12.8 Å². The lowest BCUT2D eigenvalue weighted by molar-refractivity contribution is -0.160. The summed E-state index contributed by atoms with van der Waals surface area (Å²) in [5, 5.41) is 0. The average Bonchev–Trinajstić information content (AvgIpc) is 2.94. The van der Waals surface area contributed by atoms with Gasteiger partial charge in [0, 0.05) is 0 Å². The second-order valence-corrected chi connectivity index (χ2v) is 3.21. The predicted octanol–water partition coefficient (Wildman–Crippen LogP) is 0.0932. The standard InChI is InChI=1S/C8H18N2O3/c1-3-6(4-2)12-7(9)8(13-10)5-11-8/h6-7H,3-5,9-10H2,1-2H3. The van der Waals surface area contributed by atoms with Crippen molar-refractivity contribution >= 4 is 0 Å². The Labute approximate surface area is 78.3 Å². The van der Waals surface area contributed by atoms with Crippen LogP contribution in [0.4, 0.5) is 0 Å². The van der Waals surface area contributed by atoms with E-state index < -0.39 is 12.0 Å². The number of ether oxygens (including phenoxy) is 2. The van der Waals surface area contributed by atoms with Crippen LogP contribution in [0.2, 0.25) is 0 Å². The van der Waals surface area contributed by atoms with Crippen LogP contribution in [-0.2, 0) is 14.3 Å². The van der Waals surface area contributed by atoms with Gasteiger partial charge in [-0.15, -0.1) is 0 Å². The zero-order valence-electron chi connectivity index (χ0n) is 8.16. The molecule has 2 unspecified atom stereocenters.